The Morgan fingerprint density at radius 3 is 2.26 bits per heavy atom. The fraction of sp³-hybridized carbons (Fsp3) is 0.412. The molecule has 0 spiro atoms. The molecule has 0 aromatic heterocycles. The molecule has 3 aromatic carbocycles. The monoisotopic (exact) mass is 528 g/mol. The van der Waals surface area contributed by atoms with Gasteiger partial charge >= 0.3 is 11.9 Å². The number of carboxylic acid groups (broad SMARTS) is 1. The fourth-order valence-electron chi connectivity index (χ4n) is 5.58. The molecule has 1 atom stereocenters. The van der Waals surface area contributed by atoms with Crippen molar-refractivity contribution in [3.05, 3.63) is 100 Å². The van der Waals surface area contributed by atoms with Crippen molar-refractivity contribution in [2.24, 2.45) is 0 Å². The van der Waals surface area contributed by atoms with Crippen LogP contribution in [0.2, 0.25) is 0 Å². The zero-order valence-electron chi connectivity index (χ0n) is 23.8. The number of fused-ring (bicyclic) bond motifs is 1. The summed E-state index contributed by atoms with van der Waals surface area (Å²) in [6.07, 6.45) is 3.14. The van der Waals surface area contributed by atoms with Gasteiger partial charge in [0, 0.05) is 13.2 Å². The Labute approximate surface area is 232 Å². The van der Waals surface area contributed by atoms with Crippen molar-refractivity contribution >= 4 is 11.9 Å². The first kappa shape index (κ1) is 28.6. The molecular weight excluding hydrogens is 488 g/mol. The standard InChI is InChI=1S/C34H40O5/c1-6-38-19-16-28(24-12-15-29-30(22-24)34(4,5)18-17-33(29,2)3)32(37)39-26-13-14-27(31(35)36)25(21-26)20-23-10-8-7-9-11-23/h7-15,21-22,28H,6,16-20H2,1-5H3,(H,35,36). The van der Waals surface area contributed by atoms with Gasteiger partial charge in [0.2, 0.25) is 0 Å². The zero-order chi connectivity index (χ0) is 28.2. The van der Waals surface area contributed by atoms with Crippen molar-refractivity contribution in [1.82, 2.24) is 0 Å². The number of rotatable bonds is 10. The van der Waals surface area contributed by atoms with E-state index < -0.39 is 11.9 Å². The third kappa shape index (κ3) is 6.59. The Morgan fingerprint density at radius 2 is 1.59 bits per heavy atom. The zero-order valence-corrected chi connectivity index (χ0v) is 23.8. The molecule has 1 aliphatic carbocycles. The SMILES string of the molecule is CCOCCC(C(=O)Oc1ccc(C(=O)O)c(Cc2ccccc2)c1)c1ccc2c(c1)C(C)(C)CCC2(C)C. The van der Waals surface area contributed by atoms with Crippen LogP contribution in [0.4, 0.5) is 0 Å². The average molecular weight is 529 g/mol. The van der Waals surface area contributed by atoms with Gasteiger partial charge < -0.3 is 14.6 Å². The van der Waals surface area contributed by atoms with E-state index >= 15 is 0 Å². The smallest absolute Gasteiger partial charge is 0.335 e. The molecule has 0 bridgehead atoms. The highest BCUT2D eigenvalue weighted by atomic mass is 16.5. The van der Waals surface area contributed by atoms with Gasteiger partial charge in [-0.2, -0.15) is 0 Å². The second-order valence-electron chi connectivity index (χ2n) is 11.8. The topological polar surface area (TPSA) is 72.8 Å². The first-order chi connectivity index (χ1) is 18.5. The van der Waals surface area contributed by atoms with Crippen LogP contribution in [-0.2, 0) is 26.8 Å². The van der Waals surface area contributed by atoms with Gasteiger partial charge in [-0.05, 0) is 89.5 Å². The molecular formula is C34H40O5. The molecule has 3 aromatic rings. The maximum Gasteiger partial charge on any atom is 0.335 e. The molecule has 5 heteroatoms. The molecule has 4 rings (SSSR count). The highest BCUT2D eigenvalue weighted by Crippen LogP contribution is 2.46. The summed E-state index contributed by atoms with van der Waals surface area (Å²) < 4.78 is 11.6. The van der Waals surface area contributed by atoms with Crippen molar-refractivity contribution in [2.75, 3.05) is 13.2 Å². The van der Waals surface area contributed by atoms with E-state index in [4.69, 9.17) is 9.47 Å². The second-order valence-corrected chi connectivity index (χ2v) is 11.8. The molecule has 0 saturated carbocycles. The van der Waals surface area contributed by atoms with Gasteiger partial charge in [0.05, 0.1) is 11.5 Å². The number of carboxylic acids is 1. The summed E-state index contributed by atoms with van der Waals surface area (Å²) in [5.74, 6) is -1.53. The predicted molar refractivity (Wildman–Crippen MR) is 154 cm³/mol. The Hall–Kier alpha value is -3.44. The van der Waals surface area contributed by atoms with Gasteiger partial charge in [-0.3, -0.25) is 4.79 Å². The highest BCUT2D eigenvalue weighted by molar-refractivity contribution is 5.90. The molecule has 1 unspecified atom stereocenters. The molecule has 0 fully saturated rings. The number of carbonyl (C=O) groups is 2. The minimum atomic E-state index is -1.01. The average Bonchev–Trinajstić information content (AvgIpc) is 2.90. The van der Waals surface area contributed by atoms with Crippen LogP contribution >= 0.6 is 0 Å². The van der Waals surface area contributed by atoms with E-state index in [9.17, 15) is 14.7 Å². The van der Waals surface area contributed by atoms with Gasteiger partial charge in [0.15, 0.2) is 0 Å². The molecule has 1 aliphatic rings. The summed E-state index contributed by atoms with van der Waals surface area (Å²) >= 11 is 0. The summed E-state index contributed by atoms with van der Waals surface area (Å²) in [6, 6.07) is 20.9. The Balaban J connectivity index is 1.65. The summed E-state index contributed by atoms with van der Waals surface area (Å²) in [5.41, 5.74) is 5.46. The van der Waals surface area contributed by atoms with E-state index in [-0.39, 0.29) is 22.4 Å². The summed E-state index contributed by atoms with van der Waals surface area (Å²) in [7, 11) is 0. The lowest BCUT2D eigenvalue weighted by atomic mass is 9.62. The number of benzene rings is 3. The number of hydrogen-bond donors (Lipinski definition) is 1. The highest BCUT2D eigenvalue weighted by Gasteiger charge is 2.38. The summed E-state index contributed by atoms with van der Waals surface area (Å²) in [4.78, 5) is 25.5. The van der Waals surface area contributed by atoms with E-state index in [1.165, 1.54) is 17.2 Å². The van der Waals surface area contributed by atoms with E-state index in [1.54, 1.807) is 12.1 Å². The molecule has 0 heterocycles. The maximum absolute atomic E-state index is 13.7. The minimum Gasteiger partial charge on any atom is -0.478 e. The van der Waals surface area contributed by atoms with Crippen LogP contribution in [-0.4, -0.2) is 30.3 Å². The quantitative estimate of drug-likeness (QED) is 0.168. The van der Waals surface area contributed by atoms with Crippen molar-refractivity contribution in [2.45, 2.75) is 77.0 Å². The summed E-state index contributed by atoms with van der Waals surface area (Å²) in [6.45, 7) is 12.1. The molecule has 0 aliphatic heterocycles. The first-order valence-corrected chi connectivity index (χ1v) is 13.9. The number of hydrogen-bond acceptors (Lipinski definition) is 4. The van der Waals surface area contributed by atoms with Gasteiger partial charge in [-0.1, -0.05) is 76.2 Å². The van der Waals surface area contributed by atoms with Crippen LogP contribution in [0, 0.1) is 0 Å². The molecule has 5 nitrogen and oxygen atoms in total. The van der Waals surface area contributed by atoms with Crippen LogP contribution in [0.5, 0.6) is 5.75 Å². The Kier molecular flexibility index (Phi) is 8.60. The van der Waals surface area contributed by atoms with Crippen LogP contribution < -0.4 is 4.74 Å². The first-order valence-electron chi connectivity index (χ1n) is 13.9. The van der Waals surface area contributed by atoms with E-state index in [1.807, 2.05) is 37.3 Å². The number of esters is 1. The van der Waals surface area contributed by atoms with Crippen molar-refractivity contribution in [3.63, 3.8) is 0 Å². The molecule has 0 amide bonds. The lowest BCUT2D eigenvalue weighted by molar-refractivity contribution is -0.136. The van der Waals surface area contributed by atoms with Crippen LogP contribution in [0.3, 0.4) is 0 Å². The van der Waals surface area contributed by atoms with Gasteiger partial charge in [0.25, 0.3) is 0 Å². The third-order valence-corrected chi connectivity index (χ3v) is 8.08. The van der Waals surface area contributed by atoms with Gasteiger partial charge in [-0.15, -0.1) is 0 Å². The Morgan fingerprint density at radius 1 is 0.897 bits per heavy atom. The van der Waals surface area contributed by atoms with E-state index in [2.05, 4.69) is 45.9 Å². The van der Waals surface area contributed by atoms with Crippen molar-refractivity contribution in [3.8, 4) is 5.75 Å². The second kappa shape index (κ2) is 11.7. The van der Waals surface area contributed by atoms with Crippen LogP contribution in [0.15, 0.2) is 66.7 Å². The van der Waals surface area contributed by atoms with Crippen LogP contribution in [0.1, 0.15) is 98.0 Å². The minimum absolute atomic E-state index is 0.0221. The fourth-order valence-corrected chi connectivity index (χ4v) is 5.58. The van der Waals surface area contributed by atoms with Crippen molar-refractivity contribution < 1.29 is 24.2 Å². The van der Waals surface area contributed by atoms with E-state index in [0.29, 0.717) is 37.4 Å². The number of aromatic carboxylic acids is 1. The number of ether oxygens (including phenoxy) is 2. The molecule has 39 heavy (non-hydrogen) atoms. The summed E-state index contributed by atoms with van der Waals surface area (Å²) in [5, 5.41) is 9.73. The van der Waals surface area contributed by atoms with Gasteiger partial charge in [0.1, 0.15) is 5.75 Å². The predicted octanol–water partition coefficient (Wildman–Crippen LogP) is 7.44. The molecule has 1 N–H and O–H groups in total. The van der Waals surface area contributed by atoms with Gasteiger partial charge in [-0.25, -0.2) is 4.79 Å². The lowest BCUT2D eigenvalue weighted by Gasteiger charge is -2.42. The maximum atomic E-state index is 13.7. The largest absolute Gasteiger partial charge is 0.478 e. The molecule has 206 valence electrons. The molecule has 0 radical (unpaired) electrons. The lowest BCUT2D eigenvalue weighted by Crippen LogP contribution is -2.34. The molecule has 0 saturated heterocycles. The Bertz CT molecular complexity index is 1320. The van der Waals surface area contributed by atoms with Crippen LogP contribution in [0.25, 0.3) is 0 Å². The third-order valence-electron chi connectivity index (χ3n) is 8.08. The van der Waals surface area contributed by atoms with Crippen molar-refractivity contribution in [1.29, 1.82) is 0 Å². The number of carbonyl (C=O) groups excluding carboxylic acids is 1. The van der Waals surface area contributed by atoms with E-state index in [0.717, 1.165) is 24.0 Å². The normalized spacial score (nSPS) is 16.2.